The van der Waals surface area contributed by atoms with Crippen LogP contribution in [0.4, 0.5) is 5.69 Å². The SMILES string of the molecule is O=C=Nc1cc2ccccc2c2sc3ccccc3c12. The van der Waals surface area contributed by atoms with Crippen LogP contribution in [0.15, 0.2) is 59.6 Å². The fraction of sp³-hybridized carbons (Fsp3) is 0. The molecule has 0 saturated heterocycles. The van der Waals surface area contributed by atoms with Crippen molar-refractivity contribution in [1.29, 1.82) is 0 Å². The average molecular weight is 275 g/mol. The first-order valence-electron chi connectivity index (χ1n) is 6.29. The summed E-state index contributed by atoms with van der Waals surface area (Å²) in [6.45, 7) is 0. The van der Waals surface area contributed by atoms with E-state index in [2.05, 4.69) is 23.2 Å². The van der Waals surface area contributed by atoms with Crippen LogP contribution >= 0.6 is 11.3 Å². The smallest absolute Gasteiger partial charge is 0.211 e. The number of fused-ring (bicyclic) bond motifs is 5. The number of hydrogen-bond acceptors (Lipinski definition) is 3. The van der Waals surface area contributed by atoms with Crippen molar-refractivity contribution >= 4 is 54.0 Å². The van der Waals surface area contributed by atoms with Gasteiger partial charge in [0.1, 0.15) is 0 Å². The second kappa shape index (κ2) is 4.27. The lowest BCUT2D eigenvalue weighted by atomic mass is 10.0. The molecule has 3 heteroatoms. The third-order valence-corrected chi connectivity index (χ3v) is 4.72. The molecule has 1 heterocycles. The lowest BCUT2D eigenvalue weighted by Gasteiger charge is -2.02. The van der Waals surface area contributed by atoms with Crippen LogP contribution in [0.25, 0.3) is 30.9 Å². The molecule has 0 fully saturated rings. The lowest BCUT2D eigenvalue weighted by Crippen LogP contribution is -1.75. The van der Waals surface area contributed by atoms with E-state index in [0.29, 0.717) is 5.69 Å². The number of aliphatic imine (C=N–C) groups is 1. The summed E-state index contributed by atoms with van der Waals surface area (Å²) < 4.78 is 2.39. The number of benzene rings is 3. The highest BCUT2D eigenvalue weighted by Gasteiger charge is 2.12. The van der Waals surface area contributed by atoms with E-state index in [0.717, 1.165) is 16.2 Å². The van der Waals surface area contributed by atoms with Crippen molar-refractivity contribution in [2.24, 2.45) is 4.99 Å². The normalized spacial score (nSPS) is 11.0. The van der Waals surface area contributed by atoms with Crippen LogP contribution in [0.3, 0.4) is 0 Å². The molecule has 0 aliphatic rings. The predicted molar refractivity (Wildman–Crippen MR) is 84.6 cm³/mol. The van der Waals surface area contributed by atoms with Gasteiger partial charge >= 0.3 is 0 Å². The van der Waals surface area contributed by atoms with E-state index in [4.69, 9.17) is 0 Å². The minimum atomic E-state index is 0.700. The summed E-state index contributed by atoms with van der Waals surface area (Å²) in [6, 6.07) is 18.4. The third-order valence-electron chi connectivity index (χ3n) is 3.52. The topological polar surface area (TPSA) is 29.4 Å². The van der Waals surface area contributed by atoms with Crippen molar-refractivity contribution < 1.29 is 4.79 Å². The molecule has 20 heavy (non-hydrogen) atoms. The van der Waals surface area contributed by atoms with E-state index in [-0.39, 0.29) is 0 Å². The molecule has 94 valence electrons. The minimum Gasteiger partial charge on any atom is -0.211 e. The largest absolute Gasteiger partial charge is 0.240 e. The molecule has 0 spiro atoms. The van der Waals surface area contributed by atoms with Gasteiger partial charge in [-0.1, -0.05) is 42.5 Å². The molecule has 1 aromatic heterocycles. The van der Waals surface area contributed by atoms with Gasteiger partial charge in [0.15, 0.2) is 0 Å². The third kappa shape index (κ3) is 1.51. The molecule has 0 bridgehead atoms. The fourth-order valence-corrected chi connectivity index (χ4v) is 3.93. The maximum Gasteiger partial charge on any atom is 0.240 e. The van der Waals surface area contributed by atoms with Crippen LogP contribution in [0.1, 0.15) is 0 Å². The van der Waals surface area contributed by atoms with Crippen LogP contribution in [0, 0.1) is 0 Å². The predicted octanol–water partition coefficient (Wildman–Crippen LogP) is 5.18. The zero-order valence-corrected chi connectivity index (χ0v) is 11.3. The Bertz CT molecular complexity index is 1010. The van der Waals surface area contributed by atoms with Crippen molar-refractivity contribution in [3.63, 3.8) is 0 Å². The summed E-state index contributed by atoms with van der Waals surface area (Å²) in [5.41, 5.74) is 0.700. The van der Waals surface area contributed by atoms with Gasteiger partial charge in [0.2, 0.25) is 6.08 Å². The molecular weight excluding hydrogens is 266 g/mol. The van der Waals surface area contributed by atoms with Crippen molar-refractivity contribution in [1.82, 2.24) is 0 Å². The van der Waals surface area contributed by atoms with Crippen molar-refractivity contribution in [2.45, 2.75) is 0 Å². The summed E-state index contributed by atoms with van der Waals surface area (Å²) in [7, 11) is 0. The van der Waals surface area contributed by atoms with Crippen LogP contribution in [-0.2, 0) is 4.79 Å². The van der Waals surface area contributed by atoms with Gasteiger partial charge in [-0.25, -0.2) is 4.79 Å². The molecule has 2 nitrogen and oxygen atoms in total. The highest BCUT2D eigenvalue weighted by Crippen LogP contribution is 2.43. The Hall–Kier alpha value is -2.48. The minimum absolute atomic E-state index is 0.700. The molecule has 0 saturated carbocycles. The molecular formula is C17H9NOS. The summed E-state index contributed by atoms with van der Waals surface area (Å²) in [5.74, 6) is 0. The van der Waals surface area contributed by atoms with E-state index in [9.17, 15) is 4.79 Å². The van der Waals surface area contributed by atoms with E-state index < -0.39 is 0 Å². The van der Waals surface area contributed by atoms with E-state index in [1.807, 2.05) is 36.4 Å². The first kappa shape index (κ1) is 11.4. The van der Waals surface area contributed by atoms with Crippen LogP contribution < -0.4 is 0 Å². The summed E-state index contributed by atoms with van der Waals surface area (Å²) in [4.78, 5) is 14.6. The van der Waals surface area contributed by atoms with Crippen molar-refractivity contribution in [3.8, 4) is 0 Å². The Morgan fingerprint density at radius 2 is 1.70 bits per heavy atom. The summed E-state index contributed by atoms with van der Waals surface area (Å²) in [6.07, 6.45) is 1.67. The molecule has 0 unspecified atom stereocenters. The van der Waals surface area contributed by atoms with E-state index in [1.165, 1.54) is 14.8 Å². The lowest BCUT2D eigenvalue weighted by molar-refractivity contribution is 0.565. The number of nitrogens with zero attached hydrogens (tertiary/aromatic N) is 1. The molecule has 0 amide bonds. The number of rotatable bonds is 1. The average Bonchev–Trinajstić information content (AvgIpc) is 2.87. The molecule has 4 aromatic rings. The zero-order chi connectivity index (χ0) is 13.5. The van der Waals surface area contributed by atoms with E-state index >= 15 is 0 Å². The maximum atomic E-state index is 10.7. The van der Waals surface area contributed by atoms with Gasteiger partial charge in [-0.05, 0) is 22.9 Å². The zero-order valence-electron chi connectivity index (χ0n) is 10.5. The molecule has 0 aliphatic heterocycles. The number of isocyanates is 1. The number of carbonyl (C=O) groups excluding carboxylic acids is 1. The monoisotopic (exact) mass is 275 g/mol. The Morgan fingerprint density at radius 3 is 2.55 bits per heavy atom. The van der Waals surface area contributed by atoms with Crippen molar-refractivity contribution in [3.05, 3.63) is 54.6 Å². The molecule has 3 aromatic carbocycles. The van der Waals surface area contributed by atoms with Gasteiger partial charge < -0.3 is 0 Å². The van der Waals surface area contributed by atoms with Crippen LogP contribution in [-0.4, -0.2) is 6.08 Å². The molecule has 0 aliphatic carbocycles. The molecule has 0 N–H and O–H groups in total. The standard InChI is InChI=1S/C17H9NOS/c19-10-18-14-9-11-5-1-2-6-12(11)17-16(14)13-7-3-4-8-15(13)20-17/h1-9H. The second-order valence-corrected chi connectivity index (χ2v) is 5.67. The number of thiophene rings is 1. The van der Waals surface area contributed by atoms with Crippen molar-refractivity contribution in [2.75, 3.05) is 0 Å². The molecule has 0 atom stereocenters. The molecule has 0 radical (unpaired) electrons. The van der Waals surface area contributed by atoms with Gasteiger partial charge in [0.25, 0.3) is 0 Å². The van der Waals surface area contributed by atoms with Crippen LogP contribution in [0.5, 0.6) is 0 Å². The Kier molecular flexibility index (Phi) is 2.43. The Morgan fingerprint density at radius 1 is 0.950 bits per heavy atom. The van der Waals surface area contributed by atoms with Gasteiger partial charge in [0, 0.05) is 20.2 Å². The highest BCUT2D eigenvalue weighted by atomic mass is 32.1. The fourth-order valence-electron chi connectivity index (χ4n) is 2.68. The summed E-state index contributed by atoms with van der Waals surface area (Å²) in [5, 5.41) is 4.49. The quantitative estimate of drug-likeness (QED) is 0.348. The molecule has 4 rings (SSSR count). The second-order valence-electron chi connectivity index (χ2n) is 4.62. The van der Waals surface area contributed by atoms with Gasteiger partial charge in [-0.15, -0.1) is 11.3 Å². The Labute approximate surface area is 119 Å². The summed E-state index contributed by atoms with van der Waals surface area (Å²) >= 11 is 1.74. The van der Waals surface area contributed by atoms with Gasteiger partial charge in [-0.3, -0.25) is 0 Å². The van der Waals surface area contributed by atoms with E-state index in [1.54, 1.807) is 17.4 Å². The number of hydrogen-bond donors (Lipinski definition) is 0. The first-order valence-corrected chi connectivity index (χ1v) is 7.11. The van der Waals surface area contributed by atoms with Crippen LogP contribution in [0.2, 0.25) is 0 Å². The maximum absolute atomic E-state index is 10.7. The highest BCUT2D eigenvalue weighted by molar-refractivity contribution is 7.26. The first-order chi connectivity index (χ1) is 9.88. The van der Waals surface area contributed by atoms with Gasteiger partial charge in [0.05, 0.1) is 5.69 Å². The Balaban J connectivity index is 2.36. The van der Waals surface area contributed by atoms with Gasteiger partial charge in [-0.2, -0.15) is 4.99 Å².